The smallest absolute Gasteiger partial charge is 0.338 e. The SMILES string of the molecule is O=C(O[C@@H]1Cc2c(O)cc(O)cc2OC1c1cc2nc3ccccc3nc2c(O)c1-c1c([C@H]2Oc3cc(O)cc(O)c3C[C@H]2OC(=O)c2cc(O)c(O)c(O)c2)cc(O)c(O)c1O)c1cc(O)c(O)c(O)c1. The van der Waals surface area contributed by atoms with E-state index in [9.17, 15) is 81.1 Å². The monoisotopic (exact) mass is 984 g/mol. The lowest BCUT2D eigenvalue weighted by Gasteiger charge is -2.37. The van der Waals surface area contributed by atoms with E-state index in [1.165, 1.54) is 6.07 Å². The molecule has 14 N–H and O–H groups in total. The van der Waals surface area contributed by atoms with Crippen LogP contribution in [0.2, 0.25) is 0 Å². The van der Waals surface area contributed by atoms with Crippen LogP contribution in [0.3, 0.4) is 0 Å². The summed E-state index contributed by atoms with van der Waals surface area (Å²) in [7, 11) is 0. The first kappa shape index (κ1) is 45.7. The summed E-state index contributed by atoms with van der Waals surface area (Å²) in [6, 6.07) is 15.9. The Balaban J connectivity index is 1.23. The van der Waals surface area contributed by atoms with E-state index >= 15 is 0 Å². The Bertz CT molecular complexity index is 3590. The predicted molar refractivity (Wildman–Crippen MR) is 244 cm³/mol. The lowest BCUT2D eigenvalue weighted by atomic mass is 9.83. The minimum Gasteiger partial charge on any atom is -0.508 e. The Labute approximate surface area is 401 Å². The standard InChI is InChI=1S/C50H36N2O20/c53-19-9-28(55)21-15-37(71-49(67)17-5-30(57)42(62)31(58)6-17)47(69-35(21)11-19)23-13-27-41(52-26-4-2-1-3-25(26)51-27)45(65)39(23)40-24(14-34(61)44(64)46(40)66)48-38(16-22-29(56)10-20(54)12-36(22)70-48)72-50(68)18-7-32(59)43(63)33(60)8-18/h1-14,37-38,47-48,53-66H,15-16H2/t37-,38-,47?,48-/m1/s1. The summed E-state index contributed by atoms with van der Waals surface area (Å²) < 4.78 is 24.6. The molecule has 10 rings (SSSR count). The second kappa shape index (κ2) is 16.8. The summed E-state index contributed by atoms with van der Waals surface area (Å²) in [5.74, 6) is -14.7. The topological polar surface area (TPSA) is 380 Å². The molecule has 0 aliphatic carbocycles. The molecule has 22 heteroatoms. The van der Waals surface area contributed by atoms with Gasteiger partial charge in [0.1, 0.15) is 52.2 Å². The molecule has 0 fully saturated rings. The molecule has 3 heterocycles. The van der Waals surface area contributed by atoms with Crippen molar-refractivity contribution in [3.05, 3.63) is 118 Å². The van der Waals surface area contributed by atoms with Crippen LogP contribution in [0.1, 0.15) is 55.2 Å². The molecule has 1 unspecified atom stereocenters. The van der Waals surface area contributed by atoms with Gasteiger partial charge in [0.05, 0.1) is 27.7 Å². The van der Waals surface area contributed by atoms with Gasteiger partial charge in [-0.15, -0.1) is 0 Å². The first-order chi connectivity index (χ1) is 34.3. The van der Waals surface area contributed by atoms with Crippen LogP contribution >= 0.6 is 0 Å². The van der Waals surface area contributed by atoms with Crippen LogP contribution in [0.15, 0.2) is 84.9 Å². The number of esters is 2. The summed E-state index contributed by atoms with van der Waals surface area (Å²) in [4.78, 5) is 37.2. The molecule has 0 saturated carbocycles. The number of hydrogen-bond acceptors (Lipinski definition) is 22. The van der Waals surface area contributed by atoms with Crippen LogP contribution < -0.4 is 9.47 Å². The summed E-state index contributed by atoms with van der Waals surface area (Å²) >= 11 is 0. The second-order valence-corrected chi connectivity index (χ2v) is 16.8. The van der Waals surface area contributed by atoms with Gasteiger partial charge in [-0.25, -0.2) is 19.6 Å². The molecule has 0 saturated heterocycles. The van der Waals surface area contributed by atoms with Gasteiger partial charge in [-0.2, -0.15) is 0 Å². The van der Waals surface area contributed by atoms with Crippen LogP contribution in [0, 0.1) is 0 Å². The molecule has 0 radical (unpaired) electrons. The maximum Gasteiger partial charge on any atom is 0.338 e. The van der Waals surface area contributed by atoms with Gasteiger partial charge in [0.25, 0.3) is 0 Å². The number of benzene rings is 7. The number of ether oxygens (including phenoxy) is 4. The summed E-state index contributed by atoms with van der Waals surface area (Å²) in [5, 5.41) is 152. The second-order valence-electron chi connectivity index (χ2n) is 16.8. The van der Waals surface area contributed by atoms with Gasteiger partial charge in [-0.05, 0) is 48.5 Å². The van der Waals surface area contributed by atoms with Crippen molar-refractivity contribution in [3.63, 3.8) is 0 Å². The fourth-order valence-electron chi connectivity index (χ4n) is 8.89. The van der Waals surface area contributed by atoms with Gasteiger partial charge in [0.15, 0.2) is 64.0 Å². The number of phenolic OH excluding ortho intramolecular Hbond substituents is 14. The molecular weight excluding hydrogens is 949 g/mol. The first-order valence-corrected chi connectivity index (χ1v) is 21.3. The van der Waals surface area contributed by atoms with Gasteiger partial charge < -0.3 is 90.4 Å². The Morgan fingerprint density at radius 3 is 1.33 bits per heavy atom. The van der Waals surface area contributed by atoms with Crippen LogP contribution in [-0.2, 0) is 22.3 Å². The normalized spacial score (nSPS) is 17.1. The largest absolute Gasteiger partial charge is 0.508 e. The van der Waals surface area contributed by atoms with Crippen LogP contribution in [-0.4, -0.2) is 106 Å². The molecule has 72 heavy (non-hydrogen) atoms. The minimum absolute atomic E-state index is 0.0119. The van der Waals surface area contributed by atoms with E-state index in [4.69, 9.17) is 18.9 Å². The third-order valence-electron chi connectivity index (χ3n) is 12.2. The zero-order valence-electron chi connectivity index (χ0n) is 36.4. The van der Waals surface area contributed by atoms with Crippen LogP contribution in [0.5, 0.6) is 92.0 Å². The number of aromatic hydroxyl groups is 14. The molecule has 0 amide bonds. The quantitative estimate of drug-likeness (QED) is 0.0485. The van der Waals surface area contributed by atoms with Crippen molar-refractivity contribution in [2.75, 3.05) is 0 Å². The highest BCUT2D eigenvalue weighted by Crippen LogP contribution is 2.56. The third-order valence-corrected chi connectivity index (χ3v) is 12.2. The van der Waals surface area contributed by atoms with Crippen molar-refractivity contribution in [2.45, 2.75) is 37.3 Å². The number of nitrogens with zero attached hydrogens (tertiary/aromatic N) is 2. The van der Waals surface area contributed by atoms with Crippen LogP contribution in [0.4, 0.5) is 0 Å². The Morgan fingerprint density at radius 2 is 0.861 bits per heavy atom. The van der Waals surface area contributed by atoms with Gasteiger partial charge >= 0.3 is 11.9 Å². The van der Waals surface area contributed by atoms with E-state index in [1.54, 1.807) is 24.3 Å². The molecule has 7 aromatic carbocycles. The van der Waals surface area contributed by atoms with E-state index in [0.29, 0.717) is 5.52 Å². The minimum atomic E-state index is -1.80. The molecule has 2 aliphatic rings. The highest BCUT2D eigenvalue weighted by molar-refractivity contribution is 5.99. The molecular formula is C50H36N2O20. The third kappa shape index (κ3) is 7.64. The van der Waals surface area contributed by atoms with Crippen molar-refractivity contribution >= 4 is 34.0 Å². The number of fused-ring (bicyclic) bond motifs is 4. The fourth-order valence-corrected chi connectivity index (χ4v) is 8.89. The van der Waals surface area contributed by atoms with Crippen molar-refractivity contribution < 1.29 is 100 Å². The van der Waals surface area contributed by atoms with Crippen molar-refractivity contribution in [3.8, 4) is 103 Å². The predicted octanol–water partition coefficient (Wildman–Crippen LogP) is 6.13. The number of rotatable bonds is 7. The molecule has 22 nitrogen and oxygen atoms in total. The van der Waals surface area contributed by atoms with Gasteiger partial charge in [-0.3, -0.25) is 0 Å². The zero-order valence-corrected chi connectivity index (χ0v) is 36.4. The maximum atomic E-state index is 14.0. The highest BCUT2D eigenvalue weighted by atomic mass is 16.6. The number of aromatic nitrogens is 2. The van der Waals surface area contributed by atoms with E-state index in [2.05, 4.69) is 9.97 Å². The number of carbonyl (C=O) groups excluding carboxylic acids is 2. The number of carbonyl (C=O) groups is 2. The van der Waals surface area contributed by atoms with Gasteiger partial charge in [-0.1, -0.05) is 12.1 Å². The highest BCUT2D eigenvalue weighted by Gasteiger charge is 2.44. The first-order valence-electron chi connectivity index (χ1n) is 21.3. The Kier molecular flexibility index (Phi) is 10.7. The average Bonchev–Trinajstić information content (AvgIpc) is 3.33. The van der Waals surface area contributed by atoms with E-state index in [-0.39, 0.29) is 44.7 Å². The zero-order chi connectivity index (χ0) is 51.2. The van der Waals surface area contributed by atoms with Gasteiger partial charge in [0, 0.05) is 70.5 Å². The number of phenols is 14. The van der Waals surface area contributed by atoms with Crippen molar-refractivity contribution in [2.24, 2.45) is 0 Å². The molecule has 1 aromatic heterocycles. The van der Waals surface area contributed by atoms with E-state index in [0.717, 1.165) is 54.6 Å². The fraction of sp³-hybridized carbons (Fsp3) is 0.120. The molecule has 0 spiro atoms. The van der Waals surface area contributed by atoms with E-state index in [1.807, 2.05) is 0 Å². The molecule has 8 aromatic rings. The summed E-state index contributed by atoms with van der Waals surface area (Å²) in [6.45, 7) is 0. The molecule has 0 bridgehead atoms. The van der Waals surface area contributed by atoms with Crippen molar-refractivity contribution in [1.82, 2.24) is 9.97 Å². The summed E-state index contributed by atoms with van der Waals surface area (Å²) in [5.41, 5.74) is -2.58. The Hall–Kier alpha value is -10.1. The average molecular weight is 985 g/mol. The lowest BCUT2D eigenvalue weighted by molar-refractivity contribution is -0.0196. The Morgan fingerprint density at radius 1 is 0.444 bits per heavy atom. The maximum absolute atomic E-state index is 14.0. The lowest BCUT2D eigenvalue weighted by Crippen LogP contribution is -2.36. The van der Waals surface area contributed by atoms with E-state index < -0.39 is 158 Å². The number of hydrogen-bond donors (Lipinski definition) is 14. The molecule has 2 aliphatic heterocycles. The summed E-state index contributed by atoms with van der Waals surface area (Å²) in [6.07, 6.45) is -7.75. The molecule has 366 valence electrons. The van der Waals surface area contributed by atoms with Crippen molar-refractivity contribution in [1.29, 1.82) is 0 Å². The van der Waals surface area contributed by atoms with Gasteiger partial charge in [0.2, 0.25) is 5.75 Å². The number of para-hydroxylation sites is 2. The molecule has 4 atom stereocenters. The van der Waals surface area contributed by atoms with Crippen LogP contribution in [0.25, 0.3) is 33.2 Å².